The monoisotopic (exact) mass is 502 g/mol. The third-order valence-corrected chi connectivity index (χ3v) is 7.66. The Bertz CT molecular complexity index is 1120. The van der Waals surface area contributed by atoms with Crippen LogP contribution in [0.5, 0.6) is 0 Å². The molecule has 1 heterocycles. The highest BCUT2D eigenvalue weighted by Gasteiger charge is 2.53. The molecule has 180 valence electrons. The van der Waals surface area contributed by atoms with Crippen molar-refractivity contribution in [2.24, 2.45) is 11.8 Å². The summed E-state index contributed by atoms with van der Waals surface area (Å²) in [4.78, 5) is 30.1. The number of rotatable bonds is 9. The standard InChI is InChI=1S/C26H28Cl2N2O4/c1-34-24(31)18-12-21(28)23-22(13-18)30(11-10-29(14-16-6-7-16)15-17-8-9-17)25(32)26(23,33)19-4-2-3-5-20(19)27/h2-5,12-13,16-17,33H,6-11,14-15H2,1H3. The second-order valence-electron chi connectivity index (χ2n) is 9.64. The van der Waals surface area contributed by atoms with Gasteiger partial charge in [-0.2, -0.15) is 0 Å². The first-order valence-electron chi connectivity index (χ1n) is 11.8. The molecule has 1 atom stereocenters. The molecule has 8 heteroatoms. The largest absolute Gasteiger partial charge is 0.465 e. The van der Waals surface area contributed by atoms with Crippen molar-refractivity contribution in [2.45, 2.75) is 31.3 Å². The SMILES string of the molecule is COC(=O)c1cc(Cl)c2c(c1)N(CCN(CC1CC1)CC1CC1)C(=O)C2(O)c1ccccc1Cl. The number of anilines is 1. The van der Waals surface area contributed by atoms with Gasteiger partial charge in [-0.05, 0) is 55.7 Å². The first kappa shape index (κ1) is 23.6. The molecule has 0 radical (unpaired) electrons. The van der Waals surface area contributed by atoms with Gasteiger partial charge in [0.05, 0.1) is 23.4 Å². The number of carbonyl (C=O) groups is 2. The summed E-state index contributed by atoms with van der Waals surface area (Å²) in [6.45, 7) is 3.11. The number of ether oxygens (including phenoxy) is 1. The van der Waals surface area contributed by atoms with Gasteiger partial charge in [0, 0.05) is 42.3 Å². The number of carbonyl (C=O) groups excluding carboxylic acids is 2. The molecule has 2 aliphatic carbocycles. The highest BCUT2D eigenvalue weighted by atomic mass is 35.5. The van der Waals surface area contributed by atoms with Gasteiger partial charge >= 0.3 is 5.97 Å². The van der Waals surface area contributed by atoms with Gasteiger partial charge in [0.2, 0.25) is 0 Å². The van der Waals surface area contributed by atoms with E-state index in [2.05, 4.69) is 4.90 Å². The molecule has 6 nitrogen and oxygen atoms in total. The molecule has 2 aromatic rings. The molecular formula is C26H28Cl2N2O4. The second-order valence-corrected chi connectivity index (χ2v) is 10.5. The van der Waals surface area contributed by atoms with Crippen molar-refractivity contribution >= 4 is 40.8 Å². The van der Waals surface area contributed by atoms with Crippen LogP contribution in [0.1, 0.15) is 47.2 Å². The van der Waals surface area contributed by atoms with E-state index in [1.807, 2.05) is 0 Å². The summed E-state index contributed by atoms with van der Waals surface area (Å²) in [5, 5.41) is 12.3. The molecule has 3 aliphatic rings. The molecule has 34 heavy (non-hydrogen) atoms. The molecule has 0 spiro atoms. The lowest BCUT2D eigenvalue weighted by Crippen LogP contribution is -2.44. The molecule has 2 fully saturated rings. The molecule has 0 saturated heterocycles. The van der Waals surface area contributed by atoms with Gasteiger partial charge in [-0.15, -0.1) is 0 Å². The number of aliphatic hydroxyl groups is 1. The summed E-state index contributed by atoms with van der Waals surface area (Å²) < 4.78 is 4.88. The number of hydrogen-bond acceptors (Lipinski definition) is 5. The van der Waals surface area contributed by atoms with Crippen LogP contribution in [0.2, 0.25) is 10.0 Å². The zero-order valence-electron chi connectivity index (χ0n) is 19.1. The summed E-state index contributed by atoms with van der Waals surface area (Å²) in [6, 6.07) is 9.73. The highest BCUT2D eigenvalue weighted by molar-refractivity contribution is 6.35. The van der Waals surface area contributed by atoms with E-state index in [9.17, 15) is 14.7 Å². The average molecular weight is 503 g/mol. The fourth-order valence-corrected chi connectivity index (χ4v) is 5.49. The van der Waals surface area contributed by atoms with Crippen LogP contribution in [0.25, 0.3) is 0 Å². The summed E-state index contributed by atoms with van der Waals surface area (Å²) in [7, 11) is 1.29. The molecule has 1 amide bonds. The van der Waals surface area contributed by atoms with Crippen molar-refractivity contribution in [1.82, 2.24) is 4.90 Å². The maximum absolute atomic E-state index is 13.8. The topological polar surface area (TPSA) is 70.1 Å². The predicted octanol–water partition coefficient (Wildman–Crippen LogP) is 4.48. The zero-order valence-corrected chi connectivity index (χ0v) is 20.6. The third kappa shape index (κ3) is 4.33. The summed E-state index contributed by atoms with van der Waals surface area (Å²) in [5.41, 5.74) is -0.891. The Labute approximate surface area is 209 Å². The van der Waals surface area contributed by atoms with Gasteiger partial charge in [-0.1, -0.05) is 41.4 Å². The number of amides is 1. The molecular weight excluding hydrogens is 475 g/mol. The van der Waals surface area contributed by atoms with E-state index in [-0.39, 0.29) is 26.7 Å². The predicted molar refractivity (Wildman–Crippen MR) is 131 cm³/mol. The molecule has 2 saturated carbocycles. The van der Waals surface area contributed by atoms with Crippen LogP contribution in [0, 0.1) is 11.8 Å². The normalized spacial score (nSPS) is 21.8. The second kappa shape index (κ2) is 9.15. The zero-order chi connectivity index (χ0) is 24.0. The first-order chi connectivity index (χ1) is 16.3. The van der Waals surface area contributed by atoms with Gasteiger partial charge in [0.15, 0.2) is 5.60 Å². The minimum Gasteiger partial charge on any atom is -0.465 e. The number of fused-ring (bicyclic) bond motifs is 1. The van der Waals surface area contributed by atoms with E-state index in [1.165, 1.54) is 38.9 Å². The van der Waals surface area contributed by atoms with Crippen molar-refractivity contribution in [3.05, 3.63) is 63.1 Å². The van der Waals surface area contributed by atoms with E-state index in [4.69, 9.17) is 27.9 Å². The van der Waals surface area contributed by atoms with Crippen LogP contribution < -0.4 is 4.90 Å². The number of esters is 1. The quantitative estimate of drug-likeness (QED) is 0.511. The average Bonchev–Trinajstić information content (AvgIpc) is 3.75. The van der Waals surface area contributed by atoms with Crippen molar-refractivity contribution in [1.29, 1.82) is 0 Å². The van der Waals surface area contributed by atoms with Gasteiger partial charge < -0.3 is 19.6 Å². The van der Waals surface area contributed by atoms with Crippen molar-refractivity contribution in [2.75, 3.05) is 38.2 Å². The van der Waals surface area contributed by atoms with E-state index < -0.39 is 17.5 Å². The van der Waals surface area contributed by atoms with Crippen LogP contribution >= 0.6 is 23.2 Å². The highest BCUT2D eigenvalue weighted by Crippen LogP contribution is 2.50. The summed E-state index contributed by atoms with van der Waals surface area (Å²) in [5.74, 6) is 0.396. The lowest BCUT2D eigenvalue weighted by atomic mass is 9.87. The molecule has 0 bridgehead atoms. The first-order valence-corrected chi connectivity index (χ1v) is 12.5. The minimum absolute atomic E-state index is 0.115. The fraction of sp³-hybridized carbons (Fsp3) is 0.462. The van der Waals surface area contributed by atoms with Crippen LogP contribution in [0.4, 0.5) is 5.69 Å². The Hall–Kier alpha value is -2.12. The Morgan fingerprint density at radius 3 is 2.35 bits per heavy atom. The lowest BCUT2D eigenvalue weighted by molar-refractivity contribution is -0.132. The van der Waals surface area contributed by atoms with Crippen LogP contribution in [0.3, 0.4) is 0 Å². The molecule has 1 aliphatic heterocycles. The van der Waals surface area contributed by atoms with Crippen molar-refractivity contribution < 1.29 is 19.4 Å². The Kier molecular flexibility index (Phi) is 6.36. The van der Waals surface area contributed by atoms with Crippen LogP contribution in [-0.4, -0.2) is 55.2 Å². The molecule has 0 aromatic heterocycles. The molecule has 1 unspecified atom stereocenters. The third-order valence-electron chi connectivity index (χ3n) is 7.03. The maximum Gasteiger partial charge on any atom is 0.337 e. The number of nitrogens with zero attached hydrogens (tertiary/aromatic N) is 2. The van der Waals surface area contributed by atoms with Crippen molar-refractivity contribution in [3.63, 3.8) is 0 Å². The van der Waals surface area contributed by atoms with Crippen molar-refractivity contribution in [3.8, 4) is 0 Å². The summed E-state index contributed by atoms with van der Waals surface area (Å²) in [6.07, 6.45) is 5.04. The number of methoxy groups -OCH3 is 1. The van der Waals surface area contributed by atoms with Gasteiger partial charge in [-0.3, -0.25) is 4.79 Å². The molecule has 5 rings (SSSR count). The fourth-order valence-electron chi connectivity index (χ4n) is 4.87. The maximum atomic E-state index is 13.8. The smallest absolute Gasteiger partial charge is 0.337 e. The Morgan fingerprint density at radius 1 is 1.12 bits per heavy atom. The number of hydrogen-bond donors (Lipinski definition) is 1. The number of halogens is 2. The minimum atomic E-state index is -2.04. The van der Waals surface area contributed by atoms with E-state index in [0.717, 1.165) is 24.9 Å². The van der Waals surface area contributed by atoms with Crippen LogP contribution in [0.15, 0.2) is 36.4 Å². The Balaban J connectivity index is 1.53. The molecule has 1 N–H and O–H groups in total. The lowest BCUT2D eigenvalue weighted by Gasteiger charge is -2.27. The summed E-state index contributed by atoms with van der Waals surface area (Å²) >= 11 is 13.0. The van der Waals surface area contributed by atoms with E-state index in [1.54, 1.807) is 35.2 Å². The van der Waals surface area contributed by atoms with Gasteiger partial charge in [-0.25, -0.2) is 4.79 Å². The molecule has 2 aromatic carbocycles. The number of benzene rings is 2. The Morgan fingerprint density at radius 2 is 1.76 bits per heavy atom. The van der Waals surface area contributed by atoms with E-state index >= 15 is 0 Å². The van der Waals surface area contributed by atoms with E-state index in [0.29, 0.717) is 18.8 Å². The van der Waals surface area contributed by atoms with Crippen LogP contribution in [-0.2, 0) is 15.1 Å². The van der Waals surface area contributed by atoms with Gasteiger partial charge in [0.25, 0.3) is 5.91 Å². The van der Waals surface area contributed by atoms with Gasteiger partial charge in [0.1, 0.15) is 0 Å².